The first-order chi connectivity index (χ1) is 17.1. The highest BCUT2D eigenvalue weighted by atomic mass is 19.1. The van der Waals surface area contributed by atoms with Crippen molar-refractivity contribution in [3.63, 3.8) is 0 Å². The van der Waals surface area contributed by atoms with Crippen LogP contribution in [0.4, 0.5) is 13.2 Å². The Kier molecular flexibility index (Phi) is 6.73. The van der Waals surface area contributed by atoms with Gasteiger partial charge < -0.3 is 15.3 Å². The molecule has 1 aliphatic rings. The Hall–Kier alpha value is -4.28. The van der Waals surface area contributed by atoms with Gasteiger partial charge in [0.05, 0.1) is 6.04 Å². The third kappa shape index (κ3) is 4.51. The van der Waals surface area contributed by atoms with E-state index in [-0.39, 0.29) is 31.0 Å². The van der Waals surface area contributed by atoms with Gasteiger partial charge in [-0.3, -0.25) is 24.1 Å². The standard InChI is InChI=1S/C25H23F3N4O4/c1-3-30-13-32(14(2)15-5-4-6-17(26)9-15)31-12-19(22(33)23(34)21(31)25(30)36)24(35)29-11-16-7-8-18(27)10-20(16)28/h4-10,12,14,34H,3,11,13H2,1-2H3,(H,29,35)/t14-/m1/s1. The molecule has 2 aromatic carbocycles. The van der Waals surface area contributed by atoms with Gasteiger partial charge in [-0.15, -0.1) is 0 Å². The molecule has 0 fully saturated rings. The lowest BCUT2D eigenvalue weighted by Crippen LogP contribution is -2.55. The Labute approximate surface area is 204 Å². The first-order valence-electron chi connectivity index (χ1n) is 11.1. The van der Waals surface area contributed by atoms with E-state index in [1.54, 1.807) is 24.9 Å². The van der Waals surface area contributed by atoms with Crippen LogP contribution in [0.1, 0.15) is 51.9 Å². The smallest absolute Gasteiger partial charge is 0.277 e. The number of rotatable bonds is 6. The lowest BCUT2D eigenvalue weighted by molar-refractivity contribution is 0.0686. The highest BCUT2D eigenvalue weighted by Crippen LogP contribution is 2.28. The number of aromatic nitrogens is 1. The van der Waals surface area contributed by atoms with Crippen molar-refractivity contribution in [2.75, 3.05) is 18.2 Å². The Bertz CT molecular complexity index is 1410. The van der Waals surface area contributed by atoms with E-state index in [9.17, 15) is 32.7 Å². The van der Waals surface area contributed by atoms with Gasteiger partial charge in [-0.05, 0) is 37.6 Å². The molecular weight excluding hydrogens is 477 g/mol. The van der Waals surface area contributed by atoms with E-state index in [2.05, 4.69) is 5.32 Å². The van der Waals surface area contributed by atoms with Crippen LogP contribution >= 0.6 is 0 Å². The van der Waals surface area contributed by atoms with Gasteiger partial charge in [0.1, 0.15) is 29.7 Å². The van der Waals surface area contributed by atoms with E-state index in [1.807, 2.05) is 0 Å². The lowest BCUT2D eigenvalue weighted by Gasteiger charge is -2.42. The largest absolute Gasteiger partial charge is 0.502 e. The maximum absolute atomic E-state index is 13.9. The predicted octanol–water partition coefficient (Wildman–Crippen LogP) is 3.03. The molecule has 0 aliphatic carbocycles. The fourth-order valence-corrected chi connectivity index (χ4v) is 4.04. The van der Waals surface area contributed by atoms with Crippen molar-refractivity contribution in [3.05, 3.63) is 98.7 Å². The molecule has 0 bridgehead atoms. The van der Waals surface area contributed by atoms with Gasteiger partial charge in [0.2, 0.25) is 5.43 Å². The van der Waals surface area contributed by atoms with Gasteiger partial charge in [-0.25, -0.2) is 13.2 Å². The second-order valence-electron chi connectivity index (χ2n) is 8.31. The van der Waals surface area contributed by atoms with Crippen molar-refractivity contribution in [2.45, 2.75) is 26.4 Å². The Balaban J connectivity index is 1.74. The number of pyridine rings is 1. The maximum Gasteiger partial charge on any atom is 0.277 e. The number of hydrogen-bond donors (Lipinski definition) is 2. The second kappa shape index (κ2) is 9.76. The van der Waals surface area contributed by atoms with Crippen LogP contribution in [0, 0.1) is 17.5 Å². The summed E-state index contributed by atoms with van der Waals surface area (Å²) in [7, 11) is 0. The van der Waals surface area contributed by atoms with Gasteiger partial charge in [-0.1, -0.05) is 18.2 Å². The number of halogens is 3. The van der Waals surface area contributed by atoms with Crippen LogP contribution in [0.2, 0.25) is 0 Å². The summed E-state index contributed by atoms with van der Waals surface area (Å²) >= 11 is 0. The van der Waals surface area contributed by atoms with E-state index in [0.29, 0.717) is 11.6 Å². The molecule has 1 aromatic heterocycles. The van der Waals surface area contributed by atoms with Gasteiger partial charge in [0.15, 0.2) is 11.4 Å². The molecule has 3 aromatic rings. The molecule has 0 unspecified atom stereocenters. The van der Waals surface area contributed by atoms with E-state index in [0.717, 1.165) is 18.3 Å². The first kappa shape index (κ1) is 24.8. The van der Waals surface area contributed by atoms with Crippen LogP contribution in [-0.2, 0) is 6.54 Å². The minimum atomic E-state index is -1.08. The molecule has 2 heterocycles. The summed E-state index contributed by atoms with van der Waals surface area (Å²) in [6.45, 7) is 3.42. The fraction of sp³-hybridized carbons (Fsp3) is 0.240. The summed E-state index contributed by atoms with van der Waals surface area (Å²) in [6, 6.07) is 8.15. The molecule has 2 amide bonds. The fourth-order valence-electron chi connectivity index (χ4n) is 4.04. The lowest BCUT2D eigenvalue weighted by atomic mass is 10.1. The third-order valence-electron chi connectivity index (χ3n) is 6.11. The van der Waals surface area contributed by atoms with Crippen molar-refractivity contribution in [3.8, 4) is 5.75 Å². The molecule has 2 N–H and O–H groups in total. The molecule has 11 heteroatoms. The number of carbonyl (C=O) groups excluding carboxylic acids is 2. The van der Waals surface area contributed by atoms with Crippen molar-refractivity contribution in [2.24, 2.45) is 0 Å². The van der Waals surface area contributed by atoms with Crippen LogP contribution < -0.4 is 15.8 Å². The van der Waals surface area contributed by atoms with Crippen molar-refractivity contribution < 1.29 is 27.9 Å². The summed E-state index contributed by atoms with van der Waals surface area (Å²) in [4.78, 5) is 40.1. The highest BCUT2D eigenvalue weighted by molar-refractivity contribution is 5.99. The van der Waals surface area contributed by atoms with Crippen LogP contribution in [0.25, 0.3) is 0 Å². The molecule has 1 aliphatic heterocycles. The number of carbonyl (C=O) groups is 2. The molecule has 0 saturated carbocycles. The van der Waals surface area contributed by atoms with Crippen molar-refractivity contribution in [1.29, 1.82) is 0 Å². The molecule has 0 saturated heterocycles. The van der Waals surface area contributed by atoms with Gasteiger partial charge >= 0.3 is 0 Å². The SMILES string of the molecule is CCN1CN([C@H](C)c2cccc(F)c2)n2cc(C(=O)NCc3ccc(F)cc3F)c(=O)c(O)c2C1=O. The number of hydrogen-bond acceptors (Lipinski definition) is 5. The summed E-state index contributed by atoms with van der Waals surface area (Å²) in [5, 5.41) is 14.7. The normalized spacial score (nSPS) is 14.0. The molecular formula is C25H23F3N4O4. The molecule has 0 spiro atoms. The minimum absolute atomic E-state index is 0.0119. The van der Waals surface area contributed by atoms with Crippen molar-refractivity contribution >= 4 is 11.8 Å². The monoisotopic (exact) mass is 500 g/mol. The summed E-state index contributed by atoms with van der Waals surface area (Å²) < 4.78 is 42.2. The predicted molar refractivity (Wildman–Crippen MR) is 125 cm³/mol. The average molecular weight is 500 g/mol. The summed E-state index contributed by atoms with van der Waals surface area (Å²) in [5.74, 6) is -4.58. The zero-order chi connectivity index (χ0) is 26.1. The first-order valence-corrected chi connectivity index (χ1v) is 11.1. The third-order valence-corrected chi connectivity index (χ3v) is 6.11. The van der Waals surface area contributed by atoms with E-state index in [4.69, 9.17) is 0 Å². The van der Waals surface area contributed by atoms with Crippen LogP contribution in [0.3, 0.4) is 0 Å². The van der Waals surface area contributed by atoms with Gasteiger partial charge in [-0.2, -0.15) is 0 Å². The van der Waals surface area contributed by atoms with E-state index >= 15 is 0 Å². The molecule has 8 nitrogen and oxygen atoms in total. The zero-order valence-corrected chi connectivity index (χ0v) is 19.5. The van der Waals surface area contributed by atoms with Crippen LogP contribution in [-0.4, -0.2) is 39.7 Å². The minimum Gasteiger partial charge on any atom is -0.502 e. The molecule has 1 atom stereocenters. The molecule has 0 radical (unpaired) electrons. The topological polar surface area (TPSA) is 94.9 Å². The van der Waals surface area contributed by atoms with Crippen LogP contribution in [0.5, 0.6) is 5.75 Å². The number of nitrogens with zero attached hydrogens (tertiary/aromatic N) is 3. The van der Waals surface area contributed by atoms with Gasteiger partial charge in [0, 0.05) is 30.9 Å². The second-order valence-corrected chi connectivity index (χ2v) is 8.31. The van der Waals surface area contributed by atoms with Gasteiger partial charge in [0.25, 0.3) is 11.8 Å². The summed E-state index contributed by atoms with van der Waals surface area (Å²) in [6.07, 6.45) is 1.12. The Morgan fingerprint density at radius 2 is 1.83 bits per heavy atom. The Morgan fingerprint density at radius 1 is 1.11 bits per heavy atom. The Morgan fingerprint density at radius 3 is 2.50 bits per heavy atom. The molecule has 188 valence electrons. The maximum atomic E-state index is 13.9. The number of benzene rings is 2. The quantitative estimate of drug-likeness (QED) is 0.543. The van der Waals surface area contributed by atoms with E-state index in [1.165, 1.54) is 27.8 Å². The molecule has 36 heavy (non-hydrogen) atoms. The molecule has 4 rings (SSSR count). The highest BCUT2D eigenvalue weighted by Gasteiger charge is 2.35. The summed E-state index contributed by atoms with van der Waals surface area (Å²) in [5.41, 5.74) is -1.36. The average Bonchev–Trinajstić information content (AvgIpc) is 2.85. The number of nitrogens with one attached hydrogen (secondary N) is 1. The van der Waals surface area contributed by atoms with Crippen LogP contribution in [0.15, 0.2) is 53.5 Å². The van der Waals surface area contributed by atoms with Crippen molar-refractivity contribution in [1.82, 2.24) is 14.9 Å². The number of amides is 2. The van der Waals surface area contributed by atoms with E-state index < -0.39 is 52.0 Å². The zero-order valence-electron chi connectivity index (χ0n) is 19.5. The number of aromatic hydroxyl groups is 1. The number of fused-ring (bicyclic) bond motifs is 1.